The maximum Gasteiger partial charge on any atom is 0.0540 e. The molecule has 15 aromatic rings. The van der Waals surface area contributed by atoms with Crippen LogP contribution in [0.15, 0.2) is 315 Å². The lowest BCUT2D eigenvalue weighted by atomic mass is 9.80. The van der Waals surface area contributed by atoms with Gasteiger partial charge in [0.15, 0.2) is 0 Å². The largest absolute Gasteiger partial charge is 0.310 e. The Labute approximate surface area is 713 Å². The lowest BCUT2D eigenvalue weighted by Crippen LogP contribution is -2.11. The predicted molar refractivity (Wildman–Crippen MR) is 519 cm³/mol. The van der Waals surface area contributed by atoms with E-state index in [1.165, 1.54) is 283 Å². The molecular formula is C118H112N2. The highest BCUT2D eigenvalue weighted by atomic mass is 15.1. The molecule has 0 unspecified atom stereocenters. The number of anilines is 6. The van der Waals surface area contributed by atoms with E-state index in [4.69, 9.17) is 0 Å². The zero-order valence-electron chi connectivity index (χ0n) is 70.7. The number of benzene rings is 15. The van der Waals surface area contributed by atoms with Crippen molar-refractivity contribution in [1.29, 1.82) is 0 Å². The van der Waals surface area contributed by atoms with Crippen molar-refractivity contribution in [2.24, 2.45) is 23.7 Å². The molecule has 4 aliphatic carbocycles. The van der Waals surface area contributed by atoms with Crippen molar-refractivity contribution in [2.45, 2.75) is 156 Å². The molecule has 0 bridgehead atoms. The average Bonchev–Trinajstić information content (AvgIpc) is 0.717. The molecule has 594 valence electrons. The van der Waals surface area contributed by atoms with Gasteiger partial charge in [0.1, 0.15) is 0 Å². The Bertz CT molecular complexity index is 5580. The second kappa shape index (κ2) is 35.4. The van der Waals surface area contributed by atoms with Gasteiger partial charge in [0.25, 0.3) is 0 Å². The standard InChI is InChI=1S/C118H112N2/c1-81-41-57-93(58-42-81)111(89-25-9-5-10-26-89)77-85-49-65-97(66-50-85)119(98-67-51-86(52-68-98)78-112(90-27-11-6-12-28-90)94-59-43-82(2)44-60-94)115-75-73-109(101-33-17-19-35-103(101)115)117-105-37-21-23-39-107(105)118(108-40-24-22-38-106(108)117)110-74-76-116(104-36-20-18-34-102(104)110)120(99-69-53-87(54-70-99)79-113(91-29-13-7-14-30-91)95-61-45-83(3)46-62-95)100-71-55-88(56-72-100)80-114(92-31-15-8-16-32-92)96-63-47-84(4)48-64-96/h17-24,33-80,89-92H,5-16,25-32H2,1-4H3. The average molecular weight is 1560 g/mol. The summed E-state index contributed by atoms with van der Waals surface area (Å²) in [5.74, 6) is 2.20. The first-order valence-electron chi connectivity index (χ1n) is 45.3. The van der Waals surface area contributed by atoms with Crippen molar-refractivity contribution in [3.8, 4) is 22.3 Å². The van der Waals surface area contributed by atoms with E-state index in [1.807, 2.05) is 0 Å². The van der Waals surface area contributed by atoms with Gasteiger partial charge in [-0.25, -0.2) is 0 Å². The van der Waals surface area contributed by atoms with E-state index in [9.17, 15) is 0 Å². The molecule has 2 nitrogen and oxygen atoms in total. The first-order valence-corrected chi connectivity index (χ1v) is 45.3. The van der Waals surface area contributed by atoms with Crippen molar-refractivity contribution in [3.05, 3.63) is 382 Å². The van der Waals surface area contributed by atoms with Crippen LogP contribution in [0.5, 0.6) is 0 Å². The number of hydrogen-bond donors (Lipinski definition) is 0. The van der Waals surface area contributed by atoms with Crippen LogP contribution in [0, 0.1) is 51.4 Å². The van der Waals surface area contributed by atoms with Crippen molar-refractivity contribution >= 4 is 124 Å². The summed E-state index contributed by atoms with van der Waals surface area (Å²) in [6, 6.07) is 122. The van der Waals surface area contributed by atoms with E-state index >= 15 is 0 Å². The molecule has 0 aliphatic heterocycles. The van der Waals surface area contributed by atoms with E-state index in [0.29, 0.717) is 23.7 Å². The molecule has 15 aromatic carbocycles. The minimum absolute atomic E-state index is 0.551. The van der Waals surface area contributed by atoms with Crippen LogP contribution in [0.25, 0.3) is 112 Å². The SMILES string of the molecule is Cc1ccc(C(=Cc2ccc(N(c3ccc(C=C(c4ccc(C)cc4)C4CCCCC4)cc3)c3ccc(-c4c5ccccc5c(-c5ccc(N(c6ccc(C=C(c7ccc(C)cc7)C7CCCCC7)cc6)c6ccc(C=C(c7ccc(C)cc7)C7CCCCC7)cc6)c6ccccc56)c5ccccc45)c4ccccc34)cc2)C2CCCCC2)cc1. The Balaban J connectivity index is 0.734. The molecule has 2 heteroatoms. The van der Waals surface area contributed by atoms with Gasteiger partial charge in [-0.15, -0.1) is 0 Å². The molecule has 0 heterocycles. The molecule has 0 spiro atoms. The molecule has 4 fully saturated rings. The molecule has 0 amide bonds. The molecule has 0 radical (unpaired) electrons. The first-order chi connectivity index (χ1) is 59.1. The third-order valence-corrected chi connectivity index (χ3v) is 27.4. The van der Waals surface area contributed by atoms with Crippen LogP contribution in [0.3, 0.4) is 0 Å². The number of nitrogens with zero attached hydrogens (tertiary/aromatic N) is 2. The summed E-state index contributed by atoms with van der Waals surface area (Å²) < 4.78 is 0. The van der Waals surface area contributed by atoms with Crippen molar-refractivity contribution < 1.29 is 0 Å². The smallest absolute Gasteiger partial charge is 0.0540 e. The Morgan fingerprint density at radius 2 is 0.417 bits per heavy atom. The Morgan fingerprint density at radius 3 is 0.642 bits per heavy atom. The summed E-state index contributed by atoms with van der Waals surface area (Å²) in [6.07, 6.45) is 35.6. The number of rotatable bonds is 20. The van der Waals surface area contributed by atoms with Gasteiger partial charge >= 0.3 is 0 Å². The van der Waals surface area contributed by atoms with E-state index in [-0.39, 0.29) is 0 Å². The lowest BCUT2D eigenvalue weighted by Gasteiger charge is -2.29. The van der Waals surface area contributed by atoms with Gasteiger partial charge in [0.05, 0.1) is 11.4 Å². The maximum absolute atomic E-state index is 2.52. The Morgan fingerprint density at radius 1 is 0.208 bits per heavy atom. The van der Waals surface area contributed by atoms with E-state index < -0.39 is 0 Å². The number of allylic oxidation sites excluding steroid dienone is 4. The fourth-order valence-electron chi connectivity index (χ4n) is 20.9. The van der Waals surface area contributed by atoms with Crippen LogP contribution in [0.4, 0.5) is 34.1 Å². The highest BCUT2D eigenvalue weighted by Gasteiger charge is 2.29. The van der Waals surface area contributed by atoms with Crippen LogP contribution in [0.2, 0.25) is 0 Å². The summed E-state index contributed by atoms with van der Waals surface area (Å²) >= 11 is 0. The summed E-state index contributed by atoms with van der Waals surface area (Å²) in [6.45, 7) is 8.79. The first kappa shape index (κ1) is 77.8. The second-order valence-corrected chi connectivity index (χ2v) is 35.4. The zero-order chi connectivity index (χ0) is 80.8. The second-order valence-electron chi connectivity index (χ2n) is 35.4. The molecule has 0 atom stereocenters. The fourth-order valence-corrected chi connectivity index (χ4v) is 20.9. The minimum Gasteiger partial charge on any atom is -0.310 e. The molecule has 0 N–H and O–H groups in total. The van der Waals surface area contributed by atoms with E-state index in [0.717, 1.165) is 34.1 Å². The molecule has 0 saturated heterocycles. The topological polar surface area (TPSA) is 6.48 Å². The van der Waals surface area contributed by atoms with E-state index in [1.54, 1.807) is 0 Å². The fraction of sp³-hybridized carbons (Fsp3) is 0.237. The van der Waals surface area contributed by atoms with Crippen molar-refractivity contribution in [2.75, 3.05) is 9.80 Å². The van der Waals surface area contributed by atoms with Gasteiger partial charge in [-0.2, -0.15) is 0 Å². The Hall–Kier alpha value is -12.1. The van der Waals surface area contributed by atoms with Crippen molar-refractivity contribution in [1.82, 2.24) is 0 Å². The maximum atomic E-state index is 2.52. The van der Waals surface area contributed by atoms with Gasteiger partial charge < -0.3 is 9.80 Å². The van der Waals surface area contributed by atoms with Crippen LogP contribution in [-0.2, 0) is 0 Å². The zero-order valence-corrected chi connectivity index (χ0v) is 70.7. The summed E-state index contributed by atoms with van der Waals surface area (Å²) in [4.78, 5) is 5.04. The van der Waals surface area contributed by atoms with Crippen LogP contribution < -0.4 is 9.80 Å². The normalized spacial score (nSPS) is 15.9. The van der Waals surface area contributed by atoms with Crippen LogP contribution in [0.1, 0.15) is 195 Å². The summed E-state index contributed by atoms with van der Waals surface area (Å²) in [5, 5.41) is 9.72. The monoisotopic (exact) mass is 1560 g/mol. The van der Waals surface area contributed by atoms with Gasteiger partial charge in [0, 0.05) is 33.5 Å². The molecule has 19 rings (SSSR count). The van der Waals surface area contributed by atoms with Crippen LogP contribution in [-0.4, -0.2) is 0 Å². The van der Waals surface area contributed by atoms with Gasteiger partial charge in [0.2, 0.25) is 0 Å². The number of fused-ring (bicyclic) bond motifs is 4. The van der Waals surface area contributed by atoms with Crippen LogP contribution >= 0.6 is 0 Å². The summed E-state index contributed by atoms with van der Waals surface area (Å²) in [5.41, 5.74) is 33.1. The number of hydrogen-bond acceptors (Lipinski definition) is 2. The molecule has 4 aliphatic rings. The highest BCUT2D eigenvalue weighted by molar-refractivity contribution is 6.26. The molecule has 120 heavy (non-hydrogen) atoms. The predicted octanol–water partition coefficient (Wildman–Crippen LogP) is 34.3. The summed E-state index contributed by atoms with van der Waals surface area (Å²) in [7, 11) is 0. The molecule has 0 aromatic heterocycles. The van der Waals surface area contributed by atoms with Gasteiger partial charge in [-0.1, -0.05) is 378 Å². The molecular weight excluding hydrogens is 1450 g/mol. The number of aryl methyl sites for hydroxylation is 4. The third-order valence-electron chi connectivity index (χ3n) is 27.4. The molecule has 4 saturated carbocycles. The minimum atomic E-state index is 0.551. The van der Waals surface area contributed by atoms with Gasteiger partial charge in [-0.3, -0.25) is 0 Å². The highest BCUT2D eigenvalue weighted by Crippen LogP contribution is 2.52. The third kappa shape index (κ3) is 16.5. The van der Waals surface area contributed by atoms with E-state index in [2.05, 4.69) is 377 Å². The quantitative estimate of drug-likeness (QED) is 0.0554. The van der Waals surface area contributed by atoms with Crippen molar-refractivity contribution in [3.63, 3.8) is 0 Å². The Kier molecular flexibility index (Phi) is 23.0. The van der Waals surface area contributed by atoms with Gasteiger partial charge in [-0.05, 0) is 285 Å². The lowest BCUT2D eigenvalue weighted by molar-refractivity contribution is 0.430.